The third-order valence-electron chi connectivity index (χ3n) is 3.13. The lowest BCUT2D eigenvalue weighted by molar-refractivity contribution is 0.300. The molecule has 1 unspecified atom stereocenters. The molecule has 0 aliphatic heterocycles. The van der Waals surface area contributed by atoms with E-state index < -0.39 is 0 Å². The van der Waals surface area contributed by atoms with E-state index in [4.69, 9.17) is 5.73 Å². The normalized spacial score (nSPS) is 24.9. The van der Waals surface area contributed by atoms with Gasteiger partial charge in [0.15, 0.2) is 0 Å². The number of thiazole rings is 1. The number of nitrogens with two attached hydrogens (primary N) is 1. The Morgan fingerprint density at radius 2 is 2.33 bits per heavy atom. The highest BCUT2D eigenvalue weighted by atomic mass is 32.1. The molecule has 0 spiro atoms. The molecule has 3 heteroatoms. The van der Waals surface area contributed by atoms with E-state index in [2.05, 4.69) is 18.8 Å². The zero-order valence-corrected chi connectivity index (χ0v) is 8.32. The van der Waals surface area contributed by atoms with Gasteiger partial charge < -0.3 is 5.73 Å². The summed E-state index contributed by atoms with van der Waals surface area (Å²) in [6.07, 6.45) is 4.30. The van der Waals surface area contributed by atoms with Gasteiger partial charge in [-0.1, -0.05) is 6.92 Å². The van der Waals surface area contributed by atoms with E-state index in [0.717, 1.165) is 5.01 Å². The molecule has 1 aromatic heterocycles. The minimum Gasteiger partial charge on any atom is -0.319 e. The van der Waals surface area contributed by atoms with Crippen molar-refractivity contribution in [2.45, 2.75) is 32.2 Å². The quantitative estimate of drug-likeness (QED) is 0.761. The Hall–Kier alpha value is -0.410. The molecule has 1 fully saturated rings. The second-order valence-corrected chi connectivity index (χ2v) is 4.99. The van der Waals surface area contributed by atoms with Crippen molar-refractivity contribution in [2.75, 3.05) is 0 Å². The predicted molar refractivity (Wildman–Crippen MR) is 51.0 cm³/mol. The molecule has 0 radical (unpaired) electrons. The topological polar surface area (TPSA) is 38.9 Å². The van der Waals surface area contributed by atoms with Gasteiger partial charge in [-0.25, -0.2) is 4.98 Å². The highest BCUT2D eigenvalue weighted by molar-refractivity contribution is 7.09. The Morgan fingerprint density at radius 3 is 2.75 bits per heavy atom. The zero-order chi connectivity index (χ0) is 8.82. The van der Waals surface area contributed by atoms with Gasteiger partial charge in [0, 0.05) is 11.6 Å². The molecule has 0 saturated heterocycles. The Labute approximate surface area is 76.8 Å². The minimum absolute atomic E-state index is 0.221. The molecular formula is C9H14N2S. The summed E-state index contributed by atoms with van der Waals surface area (Å²) in [5, 5.41) is 3.06. The Morgan fingerprint density at radius 1 is 1.67 bits per heavy atom. The summed E-state index contributed by atoms with van der Waals surface area (Å²) in [5.41, 5.74) is 6.35. The molecule has 1 saturated carbocycles. The van der Waals surface area contributed by atoms with Crippen molar-refractivity contribution < 1.29 is 0 Å². The van der Waals surface area contributed by atoms with Gasteiger partial charge in [-0.2, -0.15) is 0 Å². The van der Waals surface area contributed by atoms with E-state index in [0.29, 0.717) is 5.41 Å². The number of rotatable bonds is 2. The van der Waals surface area contributed by atoms with Crippen LogP contribution in [0.25, 0.3) is 0 Å². The van der Waals surface area contributed by atoms with Crippen LogP contribution in [0.3, 0.4) is 0 Å². The van der Waals surface area contributed by atoms with Crippen molar-refractivity contribution in [3.8, 4) is 0 Å². The summed E-state index contributed by atoms with van der Waals surface area (Å²) < 4.78 is 0. The van der Waals surface area contributed by atoms with Crippen LogP contribution in [0.1, 0.15) is 31.7 Å². The molecule has 0 amide bonds. The number of hydrogen-bond donors (Lipinski definition) is 1. The molecule has 2 nitrogen and oxygen atoms in total. The molecule has 1 heterocycles. The molecule has 1 aromatic rings. The summed E-state index contributed by atoms with van der Waals surface area (Å²) >= 11 is 1.66. The summed E-state index contributed by atoms with van der Waals surface area (Å²) in [7, 11) is 0. The second kappa shape index (κ2) is 2.30. The molecule has 2 N–H and O–H groups in total. The first-order valence-electron chi connectivity index (χ1n) is 4.25. The fraction of sp³-hybridized carbons (Fsp3) is 0.667. The van der Waals surface area contributed by atoms with Crippen molar-refractivity contribution in [2.24, 2.45) is 11.1 Å². The predicted octanol–water partition coefficient (Wildman–Crippen LogP) is 2.12. The van der Waals surface area contributed by atoms with Crippen molar-refractivity contribution >= 4 is 11.3 Å². The average Bonchev–Trinajstić information content (AvgIpc) is 2.59. The maximum Gasteiger partial charge on any atom is 0.113 e. The smallest absolute Gasteiger partial charge is 0.113 e. The molecule has 1 aliphatic carbocycles. The van der Waals surface area contributed by atoms with Gasteiger partial charge in [0.1, 0.15) is 5.01 Å². The standard InChI is InChI=1S/C9H14N2S/c1-8(3-4-8)9(2,10)7-11-5-6-12-7/h5-6H,3-4,10H2,1-2H3. The van der Waals surface area contributed by atoms with Crippen molar-refractivity contribution in [3.63, 3.8) is 0 Å². The van der Waals surface area contributed by atoms with E-state index in [1.165, 1.54) is 12.8 Å². The van der Waals surface area contributed by atoms with Crippen LogP contribution >= 0.6 is 11.3 Å². The van der Waals surface area contributed by atoms with Crippen molar-refractivity contribution in [3.05, 3.63) is 16.6 Å². The van der Waals surface area contributed by atoms with Crippen LogP contribution in [0.2, 0.25) is 0 Å². The lowest BCUT2D eigenvalue weighted by atomic mass is 9.85. The van der Waals surface area contributed by atoms with Crippen molar-refractivity contribution in [1.82, 2.24) is 4.98 Å². The monoisotopic (exact) mass is 182 g/mol. The fourth-order valence-electron chi connectivity index (χ4n) is 1.44. The van der Waals surface area contributed by atoms with Gasteiger partial charge in [-0.15, -0.1) is 11.3 Å². The molecule has 1 atom stereocenters. The van der Waals surface area contributed by atoms with E-state index >= 15 is 0 Å². The van der Waals surface area contributed by atoms with Crippen LogP contribution in [0.4, 0.5) is 0 Å². The molecule has 1 aliphatic rings. The van der Waals surface area contributed by atoms with Gasteiger partial charge in [-0.3, -0.25) is 0 Å². The largest absolute Gasteiger partial charge is 0.319 e. The number of aromatic nitrogens is 1. The highest BCUT2D eigenvalue weighted by Gasteiger charge is 2.52. The third kappa shape index (κ3) is 1.00. The number of hydrogen-bond acceptors (Lipinski definition) is 3. The molecule has 12 heavy (non-hydrogen) atoms. The summed E-state index contributed by atoms with van der Waals surface area (Å²) in [5.74, 6) is 0. The maximum absolute atomic E-state index is 6.27. The first-order chi connectivity index (χ1) is 5.56. The lowest BCUT2D eigenvalue weighted by Crippen LogP contribution is -2.41. The maximum atomic E-state index is 6.27. The number of nitrogens with zero attached hydrogens (tertiary/aromatic N) is 1. The van der Waals surface area contributed by atoms with Gasteiger partial charge >= 0.3 is 0 Å². The summed E-state index contributed by atoms with van der Waals surface area (Å²) in [6, 6.07) is 0. The molecular weight excluding hydrogens is 168 g/mol. The summed E-state index contributed by atoms with van der Waals surface area (Å²) in [4.78, 5) is 4.29. The molecule has 0 bridgehead atoms. The van der Waals surface area contributed by atoms with E-state index in [1.54, 1.807) is 11.3 Å². The Balaban J connectivity index is 2.33. The molecule has 0 aromatic carbocycles. The Kier molecular flexibility index (Phi) is 1.57. The molecule has 66 valence electrons. The van der Waals surface area contributed by atoms with Crippen LogP contribution < -0.4 is 5.73 Å². The first kappa shape index (κ1) is 8.20. The van der Waals surface area contributed by atoms with E-state index in [-0.39, 0.29) is 5.54 Å². The van der Waals surface area contributed by atoms with Gasteiger partial charge in [0.25, 0.3) is 0 Å². The second-order valence-electron chi connectivity index (χ2n) is 4.10. The van der Waals surface area contributed by atoms with Crippen LogP contribution in [0, 0.1) is 5.41 Å². The summed E-state index contributed by atoms with van der Waals surface area (Å²) in [6.45, 7) is 4.34. The Bertz CT molecular complexity index is 273. The van der Waals surface area contributed by atoms with Gasteiger partial charge in [0.2, 0.25) is 0 Å². The first-order valence-corrected chi connectivity index (χ1v) is 5.13. The average molecular weight is 182 g/mol. The lowest BCUT2D eigenvalue weighted by Gasteiger charge is -2.29. The highest BCUT2D eigenvalue weighted by Crippen LogP contribution is 2.56. The third-order valence-corrected chi connectivity index (χ3v) is 4.14. The SMILES string of the molecule is CC1(C(C)(N)c2nccs2)CC1. The van der Waals surface area contributed by atoms with Crippen LogP contribution in [0.15, 0.2) is 11.6 Å². The van der Waals surface area contributed by atoms with Gasteiger partial charge in [0.05, 0.1) is 5.54 Å². The fourth-order valence-corrected chi connectivity index (χ4v) is 2.31. The van der Waals surface area contributed by atoms with Crippen molar-refractivity contribution in [1.29, 1.82) is 0 Å². The van der Waals surface area contributed by atoms with Crippen LogP contribution in [-0.4, -0.2) is 4.98 Å². The van der Waals surface area contributed by atoms with Crippen LogP contribution in [0.5, 0.6) is 0 Å². The zero-order valence-electron chi connectivity index (χ0n) is 7.50. The van der Waals surface area contributed by atoms with Crippen LogP contribution in [-0.2, 0) is 5.54 Å². The minimum atomic E-state index is -0.221. The van der Waals surface area contributed by atoms with E-state index in [9.17, 15) is 0 Å². The van der Waals surface area contributed by atoms with Gasteiger partial charge in [-0.05, 0) is 25.2 Å². The van der Waals surface area contributed by atoms with E-state index in [1.807, 2.05) is 11.6 Å². The molecule has 2 rings (SSSR count).